The molecule has 72 valence electrons. The van der Waals surface area contributed by atoms with Crippen molar-refractivity contribution in [3.05, 3.63) is 23.8 Å². The molecule has 0 atom stereocenters. The highest BCUT2D eigenvalue weighted by Crippen LogP contribution is 2.20. The quantitative estimate of drug-likeness (QED) is 0.551. The van der Waals surface area contributed by atoms with Crippen LogP contribution in [-0.4, -0.2) is 5.11 Å². The van der Waals surface area contributed by atoms with Crippen molar-refractivity contribution in [2.24, 2.45) is 0 Å². The third-order valence-electron chi connectivity index (χ3n) is 2.18. The van der Waals surface area contributed by atoms with Gasteiger partial charge in [0.05, 0.1) is 0 Å². The molecule has 13 heavy (non-hydrogen) atoms. The first-order valence-electron chi connectivity index (χ1n) is 4.81. The Morgan fingerprint density at radius 3 is 2.69 bits per heavy atom. The Balaban J connectivity index is 2.56. The van der Waals surface area contributed by atoms with Gasteiger partial charge in [0.25, 0.3) is 0 Å². The number of nitrogen functional groups attached to an aromatic ring is 1. The van der Waals surface area contributed by atoms with Gasteiger partial charge in [0.15, 0.2) is 0 Å². The molecule has 0 bridgehead atoms. The predicted molar refractivity (Wildman–Crippen MR) is 55.7 cm³/mol. The van der Waals surface area contributed by atoms with Crippen molar-refractivity contribution in [1.82, 2.24) is 0 Å². The van der Waals surface area contributed by atoms with E-state index in [4.69, 9.17) is 10.8 Å². The van der Waals surface area contributed by atoms with Crippen molar-refractivity contribution in [3.63, 3.8) is 0 Å². The number of benzene rings is 1. The van der Waals surface area contributed by atoms with Crippen molar-refractivity contribution < 1.29 is 5.11 Å². The van der Waals surface area contributed by atoms with E-state index in [1.165, 1.54) is 19.3 Å². The molecule has 0 saturated heterocycles. The van der Waals surface area contributed by atoms with Gasteiger partial charge in [0.1, 0.15) is 5.75 Å². The Morgan fingerprint density at radius 1 is 1.31 bits per heavy atom. The maximum absolute atomic E-state index is 9.13. The zero-order valence-electron chi connectivity index (χ0n) is 8.09. The lowest BCUT2D eigenvalue weighted by Gasteiger charge is -2.05. The average molecular weight is 179 g/mol. The van der Waals surface area contributed by atoms with E-state index >= 15 is 0 Å². The van der Waals surface area contributed by atoms with Gasteiger partial charge in [-0.2, -0.15) is 0 Å². The van der Waals surface area contributed by atoms with Crippen LogP contribution >= 0.6 is 0 Å². The lowest BCUT2D eigenvalue weighted by atomic mass is 10.1. The Bertz CT molecular complexity index is 271. The molecule has 0 aromatic heterocycles. The summed E-state index contributed by atoms with van der Waals surface area (Å²) >= 11 is 0. The van der Waals surface area contributed by atoms with E-state index < -0.39 is 0 Å². The van der Waals surface area contributed by atoms with Gasteiger partial charge in [-0.15, -0.1) is 0 Å². The number of hydrogen-bond donors (Lipinski definition) is 2. The number of nitrogens with two attached hydrogens (primary N) is 1. The van der Waals surface area contributed by atoms with E-state index in [9.17, 15) is 0 Å². The van der Waals surface area contributed by atoms with E-state index in [0.29, 0.717) is 5.69 Å². The number of phenols is 1. The standard InChI is InChI=1S/C11H17NO/c1-2-3-4-5-9-6-7-10(13)8-11(9)12/h6-8,13H,2-5,12H2,1H3. The topological polar surface area (TPSA) is 46.2 Å². The van der Waals surface area contributed by atoms with Gasteiger partial charge >= 0.3 is 0 Å². The molecule has 0 fully saturated rings. The molecule has 2 nitrogen and oxygen atoms in total. The highest BCUT2D eigenvalue weighted by Gasteiger charge is 1.99. The van der Waals surface area contributed by atoms with Crippen LogP contribution in [0.3, 0.4) is 0 Å². The minimum Gasteiger partial charge on any atom is -0.508 e. The number of anilines is 1. The van der Waals surface area contributed by atoms with Crippen molar-refractivity contribution in [2.75, 3.05) is 5.73 Å². The second-order valence-electron chi connectivity index (χ2n) is 3.34. The fourth-order valence-electron chi connectivity index (χ4n) is 1.38. The third kappa shape index (κ3) is 2.98. The summed E-state index contributed by atoms with van der Waals surface area (Å²) in [5.41, 5.74) is 7.59. The summed E-state index contributed by atoms with van der Waals surface area (Å²) in [6, 6.07) is 5.21. The van der Waals surface area contributed by atoms with E-state index in [1.807, 2.05) is 6.07 Å². The zero-order chi connectivity index (χ0) is 9.68. The first-order valence-corrected chi connectivity index (χ1v) is 4.81. The molecule has 0 heterocycles. The van der Waals surface area contributed by atoms with E-state index in [1.54, 1.807) is 12.1 Å². The Labute approximate surface area is 79.4 Å². The van der Waals surface area contributed by atoms with Crippen LogP contribution in [0.1, 0.15) is 31.7 Å². The molecule has 2 heteroatoms. The highest BCUT2D eigenvalue weighted by molar-refractivity contribution is 5.50. The summed E-state index contributed by atoms with van der Waals surface area (Å²) in [6.07, 6.45) is 4.64. The molecule has 3 N–H and O–H groups in total. The SMILES string of the molecule is CCCCCc1ccc(O)cc1N. The first kappa shape index (κ1) is 9.90. The van der Waals surface area contributed by atoms with E-state index in [0.717, 1.165) is 12.0 Å². The van der Waals surface area contributed by atoms with Crippen molar-refractivity contribution >= 4 is 5.69 Å². The minimum absolute atomic E-state index is 0.247. The highest BCUT2D eigenvalue weighted by atomic mass is 16.3. The van der Waals surface area contributed by atoms with E-state index in [2.05, 4.69) is 6.92 Å². The minimum atomic E-state index is 0.247. The number of hydrogen-bond acceptors (Lipinski definition) is 2. The predicted octanol–water partition coefficient (Wildman–Crippen LogP) is 2.71. The van der Waals surface area contributed by atoms with E-state index in [-0.39, 0.29) is 5.75 Å². The van der Waals surface area contributed by atoms with Crippen LogP contribution in [0.25, 0.3) is 0 Å². The summed E-state index contributed by atoms with van der Waals surface area (Å²) in [7, 11) is 0. The molecule has 0 aliphatic rings. The van der Waals surface area contributed by atoms with Crippen LogP contribution in [0.5, 0.6) is 5.75 Å². The van der Waals surface area contributed by atoms with Gasteiger partial charge < -0.3 is 10.8 Å². The fourth-order valence-corrected chi connectivity index (χ4v) is 1.38. The number of aryl methyl sites for hydroxylation is 1. The Kier molecular flexibility index (Phi) is 3.62. The van der Waals surface area contributed by atoms with Crippen molar-refractivity contribution in [1.29, 1.82) is 0 Å². The zero-order valence-corrected chi connectivity index (χ0v) is 8.09. The molecular weight excluding hydrogens is 162 g/mol. The molecule has 0 saturated carbocycles. The van der Waals surface area contributed by atoms with Crippen LogP contribution < -0.4 is 5.73 Å². The summed E-state index contributed by atoms with van der Waals surface area (Å²) in [5, 5.41) is 9.13. The first-order chi connectivity index (χ1) is 6.24. The normalized spacial score (nSPS) is 10.2. The lowest BCUT2D eigenvalue weighted by molar-refractivity contribution is 0.475. The largest absolute Gasteiger partial charge is 0.508 e. The van der Waals surface area contributed by atoms with Crippen LogP contribution in [0, 0.1) is 0 Å². The second kappa shape index (κ2) is 4.75. The Morgan fingerprint density at radius 2 is 2.08 bits per heavy atom. The van der Waals surface area contributed by atoms with Crippen LogP contribution in [0.15, 0.2) is 18.2 Å². The smallest absolute Gasteiger partial charge is 0.117 e. The lowest BCUT2D eigenvalue weighted by Crippen LogP contribution is -1.93. The Hall–Kier alpha value is -1.18. The average Bonchev–Trinajstić information content (AvgIpc) is 2.09. The maximum atomic E-state index is 9.13. The monoisotopic (exact) mass is 179 g/mol. The summed E-state index contributed by atoms with van der Waals surface area (Å²) in [6.45, 7) is 2.18. The summed E-state index contributed by atoms with van der Waals surface area (Å²) < 4.78 is 0. The molecule has 1 aromatic carbocycles. The molecule has 0 spiro atoms. The molecule has 0 radical (unpaired) electrons. The van der Waals surface area contributed by atoms with Gasteiger partial charge in [0.2, 0.25) is 0 Å². The van der Waals surface area contributed by atoms with Gasteiger partial charge in [-0.25, -0.2) is 0 Å². The fraction of sp³-hybridized carbons (Fsp3) is 0.455. The summed E-state index contributed by atoms with van der Waals surface area (Å²) in [5.74, 6) is 0.247. The number of phenolic OH excluding ortho intramolecular Hbond substituents is 1. The molecule has 1 rings (SSSR count). The number of rotatable bonds is 4. The summed E-state index contributed by atoms with van der Waals surface area (Å²) in [4.78, 5) is 0. The van der Waals surface area contributed by atoms with Crippen molar-refractivity contribution in [3.8, 4) is 5.75 Å². The number of aromatic hydroxyl groups is 1. The van der Waals surface area contributed by atoms with Crippen LogP contribution in [-0.2, 0) is 6.42 Å². The van der Waals surface area contributed by atoms with Gasteiger partial charge in [-0.1, -0.05) is 25.8 Å². The van der Waals surface area contributed by atoms with Crippen molar-refractivity contribution in [2.45, 2.75) is 32.6 Å². The molecule has 0 amide bonds. The molecular formula is C11H17NO. The molecule has 0 unspecified atom stereocenters. The second-order valence-corrected chi connectivity index (χ2v) is 3.34. The maximum Gasteiger partial charge on any atom is 0.117 e. The number of unbranched alkanes of at least 4 members (excludes halogenated alkanes) is 2. The molecule has 0 aliphatic carbocycles. The third-order valence-corrected chi connectivity index (χ3v) is 2.18. The molecule has 1 aromatic rings. The van der Waals surface area contributed by atoms with Gasteiger partial charge in [-0.3, -0.25) is 0 Å². The van der Waals surface area contributed by atoms with Crippen LogP contribution in [0.2, 0.25) is 0 Å². The molecule has 0 aliphatic heterocycles. The van der Waals surface area contributed by atoms with Crippen LogP contribution in [0.4, 0.5) is 5.69 Å². The van der Waals surface area contributed by atoms with Gasteiger partial charge in [0, 0.05) is 11.8 Å². The van der Waals surface area contributed by atoms with Gasteiger partial charge in [-0.05, 0) is 24.5 Å².